The van der Waals surface area contributed by atoms with Gasteiger partial charge in [0.05, 0.1) is 23.9 Å². The number of fused-ring (bicyclic) bond motifs is 1. The van der Waals surface area contributed by atoms with Crippen molar-refractivity contribution in [3.8, 4) is 17.0 Å². The van der Waals surface area contributed by atoms with Crippen LogP contribution in [0.15, 0.2) is 60.7 Å². The Bertz CT molecular complexity index is 1230. The van der Waals surface area contributed by atoms with Crippen molar-refractivity contribution in [3.63, 3.8) is 0 Å². The van der Waals surface area contributed by atoms with Crippen molar-refractivity contribution in [2.24, 2.45) is 0 Å². The number of rotatable bonds is 4. The first-order valence-corrected chi connectivity index (χ1v) is 9.22. The Morgan fingerprint density at radius 1 is 0.967 bits per heavy atom. The van der Waals surface area contributed by atoms with E-state index in [9.17, 15) is 9.59 Å². The van der Waals surface area contributed by atoms with Gasteiger partial charge in [0.15, 0.2) is 0 Å². The molecule has 4 rings (SSSR count). The molecule has 150 valence electrons. The zero-order valence-electron chi connectivity index (χ0n) is 16.4. The number of nitrogens with zero attached hydrogens (tertiary/aromatic N) is 2. The predicted molar refractivity (Wildman–Crippen MR) is 112 cm³/mol. The lowest BCUT2D eigenvalue weighted by atomic mass is 10.1. The first-order chi connectivity index (χ1) is 14.5. The van der Waals surface area contributed by atoms with Crippen LogP contribution in [-0.4, -0.2) is 34.1 Å². The van der Waals surface area contributed by atoms with E-state index in [1.165, 1.54) is 0 Å². The fraction of sp³-hybridized carbons (Fsp3) is 0.0909. The Morgan fingerprint density at radius 2 is 1.70 bits per heavy atom. The summed E-state index contributed by atoms with van der Waals surface area (Å²) in [4.78, 5) is 29.5. The molecule has 2 heterocycles. The van der Waals surface area contributed by atoms with Gasteiger partial charge in [0.1, 0.15) is 11.4 Å². The predicted octanol–water partition coefficient (Wildman–Crippen LogP) is 3.02. The highest BCUT2D eigenvalue weighted by Gasteiger charge is 2.15. The molecular formula is C22H19N5O3. The number of para-hydroxylation sites is 1. The van der Waals surface area contributed by atoms with Crippen LogP contribution in [0.4, 0.5) is 0 Å². The number of carbonyl (C=O) groups excluding carboxylic acids is 2. The van der Waals surface area contributed by atoms with E-state index in [1.807, 2.05) is 55.5 Å². The summed E-state index contributed by atoms with van der Waals surface area (Å²) >= 11 is 0. The molecule has 4 aromatic rings. The Labute approximate surface area is 172 Å². The molecule has 0 bridgehead atoms. The quantitative estimate of drug-likeness (QED) is 0.456. The van der Waals surface area contributed by atoms with E-state index in [-0.39, 0.29) is 5.69 Å². The number of hydrazine groups is 1. The highest BCUT2D eigenvalue weighted by molar-refractivity contribution is 6.07. The van der Waals surface area contributed by atoms with Crippen molar-refractivity contribution < 1.29 is 14.3 Å². The summed E-state index contributed by atoms with van der Waals surface area (Å²) in [5, 5.41) is 7.54. The SMILES string of the molecule is COc1ccc(-c2cc(C(=O)NNC(=O)c3cc(C)nc4ccccc34)[nH]n2)cc1. The second-order valence-corrected chi connectivity index (χ2v) is 6.63. The summed E-state index contributed by atoms with van der Waals surface area (Å²) in [7, 11) is 1.59. The molecule has 3 N–H and O–H groups in total. The molecule has 0 aliphatic carbocycles. The third-order valence-electron chi connectivity index (χ3n) is 4.59. The summed E-state index contributed by atoms with van der Waals surface area (Å²) < 4.78 is 5.14. The molecule has 2 amide bonds. The number of pyridine rings is 1. The Hall–Kier alpha value is -4.20. The Balaban J connectivity index is 1.46. The van der Waals surface area contributed by atoms with Crippen LogP contribution in [0.3, 0.4) is 0 Å². The standard InChI is InChI=1S/C22H19N5O3/c1-13-11-17(16-5-3-4-6-18(16)23-13)21(28)26-27-22(29)20-12-19(24-25-20)14-7-9-15(30-2)10-8-14/h3-12H,1-2H3,(H,24,25)(H,26,28)(H,27,29). The van der Waals surface area contributed by atoms with Gasteiger partial charge in [-0.25, -0.2) is 0 Å². The van der Waals surface area contributed by atoms with E-state index in [4.69, 9.17) is 4.74 Å². The number of nitrogens with one attached hydrogen (secondary N) is 3. The molecular weight excluding hydrogens is 382 g/mol. The van der Waals surface area contributed by atoms with Crippen LogP contribution in [0.2, 0.25) is 0 Å². The van der Waals surface area contributed by atoms with Crippen molar-refractivity contribution in [1.82, 2.24) is 26.0 Å². The zero-order valence-corrected chi connectivity index (χ0v) is 16.4. The molecule has 8 nitrogen and oxygen atoms in total. The van der Waals surface area contributed by atoms with Crippen LogP contribution in [0, 0.1) is 6.92 Å². The van der Waals surface area contributed by atoms with Gasteiger partial charge >= 0.3 is 0 Å². The van der Waals surface area contributed by atoms with Gasteiger partial charge in [0.2, 0.25) is 0 Å². The van der Waals surface area contributed by atoms with E-state index in [0.717, 1.165) is 11.3 Å². The number of benzene rings is 2. The topological polar surface area (TPSA) is 109 Å². The van der Waals surface area contributed by atoms with Gasteiger partial charge in [-0.05, 0) is 49.4 Å². The number of hydrogen-bond acceptors (Lipinski definition) is 5. The van der Waals surface area contributed by atoms with Gasteiger partial charge in [-0.2, -0.15) is 5.10 Å². The normalized spacial score (nSPS) is 10.6. The monoisotopic (exact) mass is 401 g/mol. The largest absolute Gasteiger partial charge is 0.497 e. The third-order valence-corrected chi connectivity index (χ3v) is 4.59. The van der Waals surface area contributed by atoms with Crippen molar-refractivity contribution in [2.75, 3.05) is 7.11 Å². The maximum Gasteiger partial charge on any atom is 0.287 e. The summed E-state index contributed by atoms with van der Waals surface area (Å²) in [6.07, 6.45) is 0. The molecule has 0 aliphatic rings. The van der Waals surface area contributed by atoms with Crippen LogP contribution < -0.4 is 15.6 Å². The lowest BCUT2D eigenvalue weighted by Crippen LogP contribution is -2.41. The minimum atomic E-state index is -0.509. The molecule has 0 radical (unpaired) electrons. The maximum atomic E-state index is 12.6. The van der Waals surface area contributed by atoms with Gasteiger partial charge in [-0.3, -0.25) is 30.5 Å². The van der Waals surface area contributed by atoms with Crippen LogP contribution >= 0.6 is 0 Å². The van der Waals surface area contributed by atoms with Crippen LogP contribution in [0.1, 0.15) is 26.5 Å². The molecule has 0 unspecified atom stereocenters. The number of carbonyl (C=O) groups is 2. The number of H-pyrrole nitrogens is 1. The van der Waals surface area contributed by atoms with Gasteiger partial charge in [0.25, 0.3) is 11.8 Å². The van der Waals surface area contributed by atoms with E-state index < -0.39 is 11.8 Å². The number of hydrogen-bond donors (Lipinski definition) is 3. The minimum Gasteiger partial charge on any atom is -0.497 e. The number of aromatic nitrogens is 3. The van der Waals surface area contributed by atoms with E-state index >= 15 is 0 Å². The number of ether oxygens (including phenoxy) is 1. The molecule has 0 fully saturated rings. The molecule has 0 aliphatic heterocycles. The lowest BCUT2D eigenvalue weighted by Gasteiger charge is -2.09. The van der Waals surface area contributed by atoms with Crippen LogP contribution in [-0.2, 0) is 0 Å². The van der Waals surface area contributed by atoms with Gasteiger partial charge in [0, 0.05) is 16.6 Å². The average molecular weight is 401 g/mol. The van der Waals surface area contributed by atoms with E-state index in [0.29, 0.717) is 27.9 Å². The lowest BCUT2D eigenvalue weighted by molar-refractivity contribution is 0.0844. The van der Waals surface area contributed by atoms with Gasteiger partial charge in [-0.1, -0.05) is 18.2 Å². The first kappa shape index (κ1) is 19.1. The second kappa shape index (κ2) is 8.04. The molecule has 0 spiro atoms. The highest BCUT2D eigenvalue weighted by atomic mass is 16.5. The minimum absolute atomic E-state index is 0.219. The molecule has 2 aromatic heterocycles. The summed E-state index contributed by atoms with van der Waals surface area (Å²) in [5.41, 5.74) is 8.37. The number of aryl methyl sites for hydroxylation is 1. The molecule has 0 saturated heterocycles. The fourth-order valence-corrected chi connectivity index (χ4v) is 3.09. The van der Waals surface area contributed by atoms with Crippen LogP contribution in [0.25, 0.3) is 22.2 Å². The average Bonchev–Trinajstić information content (AvgIpc) is 3.27. The third kappa shape index (κ3) is 3.83. The molecule has 2 aromatic carbocycles. The number of amides is 2. The van der Waals surface area contributed by atoms with Crippen LogP contribution in [0.5, 0.6) is 5.75 Å². The zero-order chi connectivity index (χ0) is 21.1. The Kier molecular flexibility index (Phi) is 5.13. The van der Waals surface area contributed by atoms with Gasteiger partial charge in [-0.15, -0.1) is 0 Å². The molecule has 8 heteroatoms. The van der Waals surface area contributed by atoms with Crippen molar-refractivity contribution in [2.45, 2.75) is 6.92 Å². The van der Waals surface area contributed by atoms with E-state index in [1.54, 1.807) is 19.2 Å². The smallest absolute Gasteiger partial charge is 0.287 e. The second-order valence-electron chi connectivity index (χ2n) is 6.63. The summed E-state index contributed by atoms with van der Waals surface area (Å²) in [6.45, 7) is 1.81. The maximum absolute atomic E-state index is 12.6. The van der Waals surface area contributed by atoms with Crippen molar-refractivity contribution >= 4 is 22.7 Å². The van der Waals surface area contributed by atoms with Crippen molar-refractivity contribution in [3.05, 3.63) is 77.6 Å². The summed E-state index contributed by atoms with van der Waals surface area (Å²) in [5.74, 6) is -0.209. The van der Waals surface area contributed by atoms with E-state index in [2.05, 4.69) is 26.0 Å². The summed E-state index contributed by atoms with van der Waals surface area (Å²) in [6, 6.07) is 17.9. The number of aromatic amines is 1. The molecule has 0 atom stereocenters. The van der Waals surface area contributed by atoms with Crippen molar-refractivity contribution in [1.29, 1.82) is 0 Å². The fourth-order valence-electron chi connectivity index (χ4n) is 3.09. The van der Waals surface area contributed by atoms with Gasteiger partial charge < -0.3 is 4.74 Å². The molecule has 30 heavy (non-hydrogen) atoms. The highest BCUT2D eigenvalue weighted by Crippen LogP contribution is 2.21. The first-order valence-electron chi connectivity index (χ1n) is 9.22. The Morgan fingerprint density at radius 3 is 2.47 bits per heavy atom. The number of methoxy groups -OCH3 is 1. The molecule has 0 saturated carbocycles.